The second kappa shape index (κ2) is 7.11. The summed E-state index contributed by atoms with van der Waals surface area (Å²) in [6.45, 7) is 2.04. The standard InChI is InChI=1S/C17H15NO3/c1-2-20-17(19)16(14-6-4-3-5-7-14)21-15-10-8-13(12-18)9-11-15/h3-11,16H,2H2,1H3/t16-/m0/s1. The van der Waals surface area contributed by atoms with Gasteiger partial charge in [0, 0.05) is 5.56 Å². The van der Waals surface area contributed by atoms with E-state index in [1.807, 2.05) is 36.4 Å². The second-order valence-corrected chi connectivity index (χ2v) is 4.30. The molecule has 21 heavy (non-hydrogen) atoms. The van der Waals surface area contributed by atoms with Gasteiger partial charge in [0.1, 0.15) is 5.75 Å². The molecular weight excluding hydrogens is 266 g/mol. The molecule has 0 aliphatic heterocycles. The molecular formula is C17H15NO3. The Bertz CT molecular complexity index is 629. The van der Waals surface area contributed by atoms with Gasteiger partial charge in [0.05, 0.1) is 18.2 Å². The lowest BCUT2D eigenvalue weighted by atomic mass is 10.1. The van der Waals surface area contributed by atoms with Crippen molar-refractivity contribution in [2.45, 2.75) is 13.0 Å². The first-order valence-corrected chi connectivity index (χ1v) is 6.63. The molecule has 1 atom stereocenters. The van der Waals surface area contributed by atoms with E-state index in [0.29, 0.717) is 17.9 Å². The van der Waals surface area contributed by atoms with Gasteiger partial charge in [-0.2, -0.15) is 5.26 Å². The van der Waals surface area contributed by atoms with Crippen molar-refractivity contribution in [3.63, 3.8) is 0 Å². The van der Waals surface area contributed by atoms with Crippen molar-refractivity contribution < 1.29 is 14.3 Å². The quantitative estimate of drug-likeness (QED) is 0.789. The van der Waals surface area contributed by atoms with Gasteiger partial charge in [-0.25, -0.2) is 4.79 Å². The van der Waals surface area contributed by atoms with Crippen molar-refractivity contribution in [1.29, 1.82) is 5.26 Å². The van der Waals surface area contributed by atoms with E-state index in [2.05, 4.69) is 0 Å². The molecule has 0 unspecified atom stereocenters. The fourth-order valence-electron chi connectivity index (χ4n) is 1.84. The van der Waals surface area contributed by atoms with Crippen molar-refractivity contribution in [2.75, 3.05) is 6.61 Å². The monoisotopic (exact) mass is 281 g/mol. The van der Waals surface area contributed by atoms with Crippen LogP contribution in [0.4, 0.5) is 0 Å². The Hall–Kier alpha value is -2.80. The molecule has 0 spiro atoms. The van der Waals surface area contributed by atoms with Gasteiger partial charge < -0.3 is 9.47 Å². The summed E-state index contributed by atoms with van der Waals surface area (Å²) in [5.41, 5.74) is 1.26. The maximum atomic E-state index is 12.1. The summed E-state index contributed by atoms with van der Waals surface area (Å²) in [6, 6.07) is 17.8. The smallest absolute Gasteiger partial charge is 0.352 e. The van der Waals surface area contributed by atoms with Crippen molar-refractivity contribution in [3.05, 3.63) is 65.7 Å². The number of carbonyl (C=O) groups is 1. The lowest BCUT2D eigenvalue weighted by Crippen LogP contribution is -2.21. The van der Waals surface area contributed by atoms with E-state index in [9.17, 15) is 4.79 Å². The zero-order valence-electron chi connectivity index (χ0n) is 11.7. The molecule has 0 aliphatic rings. The first-order valence-electron chi connectivity index (χ1n) is 6.63. The van der Waals surface area contributed by atoms with E-state index in [1.54, 1.807) is 31.2 Å². The van der Waals surface area contributed by atoms with Gasteiger partial charge in [0.2, 0.25) is 6.10 Å². The molecule has 4 nitrogen and oxygen atoms in total. The van der Waals surface area contributed by atoms with Crippen LogP contribution in [-0.4, -0.2) is 12.6 Å². The van der Waals surface area contributed by atoms with Crippen LogP contribution < -0.4 is 4.74 Å². The minimum atomic E-state index is -0.820. The molecule has 0 aliphatic carbocycles. The Morgan fingerprint density at radius 1 is 1.14 bits per heavy atom. The van der Waals surface area contributed by atoms with Crippen LogP contribution in [0.15, 0.2) is 54.6 Å². The Morgan fingerprint density at radius 2 is 1.81 bits per heavy atom. The Morgan fingerprint density at radius 3 is 2.38 bits per heavy atom. The van der Waals surface area contributed by atoms with Crippen LogP contribution in [0.5, 0.6) is 5.75 Å². The SMILES string of the molecule is CCOC(=O)[C@@H](Oc1ccc(C#N)cc1)c1ccccc1. The summed E-state index contributed by atoms with van der Waals surface area (Å²) in [5.74, 6) is 0.0731. The molecule has 0 aromatic heterocycles. The highest BCUT2D eigenvalue weighted by atomic mass is 16.6. The number of hydrogen-bond donors (Lipinski definition) is 0. The van der Waals surface area contributed by atoms with Crippen LogP contribution in [-0.2, 0) is 9.53 Å². The maximum Gasteiger partial charge on any atom is 0.352 e. The average Bonchev–Trinajstić information content (AvgIpc) is 2.54. The Balaban J connectivity index is 2.23. The molecule has 0 bridgehead atoms. The summed E-state index contributed by atoms with van der Waals surface area (Å²) in [6.07, 6.45) is -0.820. The number of benzene rings is 2. The number of ether oxygens (including phenoxy) is 2. The van der Waals surface area contributed by atoms with Gasteiger partial charge in [-0.05, 0) is 31.2 Å². The number of nitriles is 1. The molecule has 0 N–H and O–H groups in total. The largest absolute Gasteiger partial charge is 0.474 e. The summed E-state index contributed by atoms with van der Waals surface area (Å²) in [7, 11) is 0. The molecule has 0 saturated carbocycles. The number of nitrogens with zero attached hydrogens (tertiary/aromatic N) is 1. The van der Waals surface area contributed by atoms with Crippen molar-refractivity contribution in [1.82, 2.24) is 0 Å². The fraction of sp³-hybridized carbons (Fsp3) is 0.176. The second-order valence-electron chi connectivity index (χ2n) is 4.30. The number of esters is 1. The van der Waals surface area contributed by atoms with E-state index in [0.717, 1.165) is 5.56 Å². The minimum absolute atomic E-state index is 0.291. The van der Waals surface area contributed by atoms with Crippen LogP contribution >= 0.6 is 0 Å². The molecule has 0 amide bonds. The Kier molecular flexibility index (Phi) is 4.94. The number of rotatable bonds is 5. The van der Waals surface area contributed by atoms with Crippen LogP contribution in [0.25, 0.3) is 0 Å². The van der Waals surface area contributed by atoms with E-state index in [-0.39, 0.29) is 0 Å². The van der Waals surface area contributed by atoms with Crippen LogP contribution in [0, 0.1) is 11.3 Å². The lowest BCUT2D eigenvalue weighted by molar-refractivity contribution is -0.151. The third-order valence-corrected chi connectivity index (χ3v) is 2.84. The number of hydrogen-bond acceptors (Lipinski definition) is 4. The summed E-state index contributed by atoms with van der Waals surface area (Å²) in [5, 5.41) is 8.78. The molecule has 0 radical (unpaired) electrons. The summed E-state index contributed by atoms with van der Waals surface area (Å²) >= 11 is 0. The van der Waals surface area contributed by atoms with Crippen molar-refractivity contribution in [2.24, 2.45) is 0 Å². The Labute approximate surface area is 123 Å². The van der Waals surface area contributed by atoms with E-state index in [1.165, 1.54) is 0 Å². The molecule has 4 heteroatoms. The summed E-state index contributed by atoms with van der Waals surface area (Å²) in [4.78, 5) is 12.1. The normalized spacial score (nSPS) is 11.2. The minimum Gasteiger partial charge on any atom is -0.474 e. The fourth-order valence-corrected chi connectivity index (χ4v) is 1.84. The molecule has 2 aromatic carbocycles. The first kappa shape index (κ1) is 14.6. The highest BCUT2D eigenvalue weighted by Crippen LogP contribution is 2.23. The zero-order valence-corrected chi connectivity index (χ0v) is 11.7. The maximum absolute atomic E-state index is 12.1. The van der Waals surface area contributed by atoms with Crippen LogP contribution in [0.1, 0.15) is 24.2 Å². The molecule has 0 fully saturated rings. The van der Waals surface area contributed by atoms with E-state index < -0.39 is 12.1 Å². The highest BCUT2D eigenvalue weighted by Gasteiger charge is 2.23. The van der Waals surface area contributed by atoms with Crippen molar-refractivity contribution >= 4 is 5.97 Å². The molecule has 2 rings (SSSR count). The third kappa shape index (κ3) is 3.83. The lowest BCUT2D eigenvalue weighted by Gasteiger charge is -2.18. The average molecular weight is 281 g/mol. The molecule has 2 aromatic rings. The summed E-state index contributed by atoms with van der Waals surface area (Å²) < 4.78 is 10.8. The molecule has 0 heterocycles. The van der Waals surface area contributed by atoms with Gasteiger partial charge >= 0.3 is 5.97 Å². The van der Waals surface area contributed by atoms with Gasteiger partial charge in [-0.1, -0.05) is 30.3 Å². The van der Waals surface area contributed by atoms with Gasteiger partial charge in [-0.3, -0.25) is 0 Å². The van der Waals surface area contributed by atoms with Crippen LogP contribution in [0.3, 0.4) is 0 Å². The van der Waals surface area contributed by atoms with E-state index >= 15 is 0 Å². The van der Waals surface area contributed by atoms with E-state index in [4.69, 9.17) is 14.7 Å². The van der Waals surface area contributed by atoms with Gasteiger partial charge in [0.15, 0.2) is 0 Å². The van der Waals surface area contributed by atoms with Gasteiger partial charge in [-0.15, -0.1) is 0 Å². The topological polar surface area (TPSA) is 59.3 Å². The molecule has 0 saturated heterocycles. The van der Waals surface area contributed by atoms with Gasteiger partial charge in [0.25, 0.3) is 0 Å². The first-order chi connectivity index (χ1) is 10.2. The van der Waals surface area contributed by atoms with Crippen LogP contribution in [0.2, 0.25) is 0 Å². The molecule has 106 valence electrons. The highest BCUT2D eigenvalue weighted by molar-refractivity contribution is 5.77. The number of carbonyl (C=O) groups excluding carboxylic acids is 1. The zero-order chi connectivity index (χ0) is 15.1. The van der Waals surface area contributed by atoms with Crippen molar-refractivity contribution in [3.8, 4) is 11.8 Å². The predicted octanol–water partition coefficient (Wildman–Crippen LogP) is 3.24. The predicted molar refractivity (Wildman–Crippen MR) is 77.6 cm³/mol. The third-order valence-electron chi connectivity index (χ3n) is 2.84.